The van der Waals surface area contributed by atoms with Crippen LogP contribution < -0.4 is 10.1 Å². The lowest BCUT2D eigenvalue weighted by atomic mass is 10.1. The van der Waals surface area contributed by atoms with Gasteiger partial charge in [0.25, 0.3) is 0 Å². The van der Waals surface area contributed by atoms with E-state index in [0.717, 1.165) is 47.7 Å². The molecule has 1 aromatic heterocycles. The van der Waals surface area contributed by atoms with E-state index in [9.17, 15) is 4.79 Å². The summed E-state index contributed by atoms with van der Waals surface area (Å²) in [5.41, 5.74) is 1.75. The molecule has 0 saturated carbocycles. The number of benzene rings is 2. The summed E-state index contributed by atoms with van der Waals surface area (Å²) in [5.74, 6) is 1.83. The average molecular weight is 438 g/mol. The van der Waals surface area contributed by atoms with Gasteiger partial charge >= 0.3 is 0 Å². The molecule has 0 spiro atoms. The Morgan fingerprint density at radius 1 is 1.03 bits per heavy atom. The molecular weight excluding hydrogens is 410 g/mol. The van der Waals surface area contributed by atoms with Crippen LogP contribution in [0.2, 0.25) is 0 Å². The van der Waals surface area contributed by atoms with E-state index in [1.54, 1.807) is 7.11 Å². The van der Waals surface area contributed by atoms with Crippen molar-refractivity contribution in [3.63, 3.8) is 0 Å². The molecule has 31 heavy (non-hydrogen) atoms. The minimum Gasteiger partial charge on any atom is -0.497 e. The number of rotatable bonds is 8. The Kier molecular flexibility index (Phi) is 7.22. The van der Waals surface area contributed by atoms with Crippen molar-refractivity contribution in [2.24, 2.45) is 0 Å². The molecule has 1 saturated heterocycles. The highest BCUT2D eigenvalue weighted by Gasteiger charge is 2.19. The van der Waals surface area contributed by atoms with Crippen molar-refractivity contribution in [2.75, 3.05) is 31.3 Å². The van der Waals surface area contributed by atoms with E-state index in [2.05, 4.69) is 25.0 Å². The first-order valence-electron chi connectivity index (χ1n) is 10.5. The SMILES string of the molecule is COc1ccc(NC(=O)CSc2nnc(CN3CCCCC3)n2-c2ccccc2)cc1. The van der Waals surface area contributed by atoms with E-state index in [4.69, 9.17) is 4.74 Å². The summed E-state index contributed by atoms with van der Waals surface area (Å²) < 4.78 is 7.22. The number of nitrogens with zero attached hydrogens (tertiary/aromatic N) is 4. The number of likely N-dealkylation sites (tertiary alicyclic amines) is 1. The van der Waals surface area contributed by atoms with E-state index in [-0.39, 0.29) is 11.7 Å². The van der Waals surface area contributed by atoms with E-state index < -0.39 is 0 Å². The molecule has 1 aliphatic rings. The van der Waals surface area contributed by atoms with Crippen LogP contribution in [0, 0.1) is 0 Å². The Morgan fingerprint density at radius 3 is 2.48 bits per heavy atom. The number of nitrogens with one attached hydrogen (secondary N) is 1. The number of thioether (sulfide) groups is 1. The Morgan fingerprint density at radius 2 is 1.77 bits per heavy atom. The molecule has 0 atom stereocenters. The number of ether oxygens (including phenoxy) is 1. The number of hydrogen-bond acceptors (Lipinski definition) is 6. The smallest absolute Gasteiger partial charge is 0.234 e. The topological polar surface area (TPSA) is 72.3 Å². The summed E-state index contributed by atoms with van der Waals surface area (Å²) in [7, 11) is 1.62. The lowest BCUT2D eigenvalue weighted by molar-refractivity contribution is -0.113. The van der Waals surface area contributed by atoms with Crippen LogP contribution in [0.1, 0.15) is 25.1 Å². The fourth-order valence-electron chi connectivity index (χ4n) is 3.65. The maximum atomic E-state index is 12.5. The summed E-state index contributed by atoms with van der Waals surface area (Å²) in [6, 6.07) is 17.4. The van der Waals surface area contributed by atoms with Crippen molar-refractivity contribution in [1.29, 1.82) is 0 Å². The minimum absolute atomic E-state index is 0.0876. The van der Waals surface area contributed by atoms with Gasteiger partial charge in [-0.15, -0.1) is 10.2 Å². The first-order chi connectivity index (χ1) is 15.2. The van der Waals surface area contributed by atoms with Crippen LogP contribution >= 0.6 is 11.8 Å². The quantitative estimate of drug-likeness (QED) is 0.537. The van der Waals surface area contributed by atoms with Gasteiger partial charge in [0.15, 0.2) is 11.0 Å². The van der Waals surface area contributed by atoms with Crippen molar-refractivity contribution in [3.8, 4) is 11.4 Å². The molecule has 0 aliphatic carbocycles. The molecule has 8 heteroatoms. The van der Waals surface area contributed by atoms with Gasteiger partial charge < -0.3 is 10.1 Å². The van der Waals surface area contributed by atoms with E-state index in [1.807, 2.05) is 54.6 Å². The second kappa shape index (κ2) is 10.5. The first-order valence-corrected chi connectivity index (χ1v) is 11.5. The maximum Gasteiger partial charge on any atom is 0.234 e. The van der Waals surface area contributed by atoms with Crippen LogP contribution in [0.4, 0.5) is 5.69 Å². The van der Waals surface area contributed by atoms with E-state index >= 15 is 0 Å². The molecule has 1 amide bonds. The molecular formula is C23H27N5O2S. The summed E-state index contributed by atoms with van der Waals surface area (Å²) in [6.07, 6.45) is 3.76. The van der Waals surface area contributed by atoms with Crippen molar-refractivity contribution in [1.82, 2.24) is 19.7 Å². The predicted octanol–water partition coefficient (Wildman–Crippen LogP) is 3.99. The molecule has 1 aliphatic heterocycles. The lowest BCUT2D eigenvalue weighted by Gasteiger charge is -2.26. The Balaban J connectivity index is 1.46. The Bertz CT molecular complexity index is 985. The van der Waals surface area contributed by atoms with Crippen molar-refractivity contribution < 1.29 is 9.53 Å². The van der Waals surface area contributed by atoms with Gasteiger partial charge in [0.1, 0.15) is 5.75 Å². The van der Waals surface area contributed by atoms with Crippen LogP contribution in [0.3, 0.4) is 0 Å². The van der Waals surface area contributed by atoms with Gasteiger partial charge in [-0.1, -0.05) is 36.4 Å². The summed E-state index contributed by atoms with van der Waals surface area (Å²) in [5, 5.41) is 12.5. The third-order valence-corrected chi connectivity index (χ3v) is 6.16. The highest BCUT2D eigenvalue weighted by atomic mass is 32.2. The van der Waals surface area contributed by atoms with Gasteiger partial charge in [0.05, 0.1) is 19.4 Å². The van der Waals surface area contributed by atoms with Gasteiger partial charge in [-0.3, -0.25) is 14.3 Å². The highest BCUT2D eigenvalue weighted by molar-refractivity contribution is 7.99. The number of amides is 1. The predicted molar refractivity (Wildman–Crippen MR) is 123 cm³/mol. The number of hydrogen-bond donors (Lipinski definition) is 1. The molecule has 0 unspecified atom stereocenters. The molecule has 2 heterocycles. The van der Waals surface area contributed by atoms with Crippen LogP contribution in [0.25, 0.3) is 5.69 Å². The highest BCUT2D eigenvalue weighted by Crippen LogP contribution is 2.24. The fraction of sp³-hybridized carbons (Fsp3) is 0.348. The zero-order valence-electron chi connectivity index (χ0n) is 17.7. The van der Waals surface area contributed by atoms with Crippen molar-refractivity contribution >= 4 is 23.4 Å². The molecule has 1 N–H and O–H groups in total. The molecule has 1 fully saturated rings. The largest absolute Gasteiger partial charge is 0.497 e. The zero-order valence-corrected chi connectivity index (χ0v) is 18.5. The molecule has 2 aromatic carbocycles. The molecule has 0 bridgehead atoms. The number of anilines is 1. The Labute approximate surface area is 186 Å². The van der Waals surface area contributed by atoms with Gasteiger partial charge in [0.2, 0.25) is 5.91 Å². The van der Waals surface area contributed by atoms with Gasteiger partial charge in [-0.25, -0.2) is 0 Å². The normalized spacial score (nSPS) is 14.4. The van der Waals surface area contributed by atoms with Gasteiger partial charge in [-0.2, -0.15) is 0 Å². The monoisotopic (exact) mass is 437 g/mol. The van der Waals surface area contributed by atoms with Crippen LogP contribution in [-0.4, -0.2) is 51.5 Å². The van der Waals surface area contributed by atoms with Crippen LogP contribution in [-0.2, 0) is 11.3 Å². The third kappa shape index (κ3) is 5.65. The number of methoxy groups -OCH3 is 1. The van der Waals surface area contributed by atoms with E-state index in [1.165, 1.54) is 31.0 Å². The minimum atomic E-state index is -0.0876. The molecule has 162 valence electrons. The molecule has 0 radical (unpaired) electrons. The average Bonchev–Trinajstić information content (AvgIpc) is 3.22. The summed E-state index contributed by atoms with van der Waals surface area (Å²) >= 11 is 1.39. The number of carbonyl (C=O) groups is 1. The number of piperidine rings is 1. The fourth-order valence-corrected chi connectivity index (χ4v) is 4.42. The zero-order chi connectivity index (χ0) is 21.5. The molecule has 3 aromatic rings. The van der Waals surface area contributed by atoms with Crippen molar-refractivity contribution in [2.45, 2.75) is 31.0 Å². The number of aromatic nitrogens is 3. The van der Waals surface area contributed by atoms with Crippen molar-refractivity contribution in [3.05, 3.63) is 60.4 Å². The second-order valence-corrected chi connectivity index (χ2v) is 8.41. The summed E-state index contributed by atoms with van der Waals surface area (Å²) in [6.45, 7) is 2.95. The number of carbonyl (C=O) groups excluding carboxylic acids is 1. The van der Waals surface area contributed by atoms with Gasteiger partial charge in [0, 0.05) is 11.4 Å². The standard InChI is InChI=1S/C23H27N5O2S/c1-30-20-12-10-18(11-13-20)24-22(29)17-31-23-26-25-21(16-27-14-6-3-7-15-27)28(23)19-8-4-2-5-9-19/h2,4-5,8-13H,3,6-7,14-17H2,1H3,(H,24,29). The van der Waals surface area contributed by atoms with E-state index in [0.29, 0.717) is 0 Å². The van der Waals surface area contributed by atoms with Gasteiger partial charge in [-0.05, 0) is 62.3 Å². The molecule has 4 rings (SSSR count). The molecule has 7 nitrogen and oxygen atoms in total. The summed E-state index contributed by atoms with van der Waals surface area (Å²) in [4.78, 5) is 14.9. The second-order valence-electron chi connectivity index (χ2n) is 7.47. The van der Waals surface area contributed by atoms with Crippen LogP contribution in [0.5, 0.6) is 5.75 Å². The van der Waals surface area contributed by atoms with Crippen LogP contribution in [0.15, 0.2) is 59.8 Å². The third-order valence-electron chi connectivity index (χ3n) is 5.23. The first kappa shape index (κ1) is 21.4. The number of para-hydroxylation sites is 1. The lowest BCUT2D eigenvalue weighted by Crippen LogP contribution is -2.30. The maximum absolute atomic E-state index is 12.5. The Hall–Kier alpha value is -2.84.